The Morgan fingerprint density at radius 1 is 0.704 bits per heavy atom. The summed E-state index contributed by atoms with van der Waals surface area (Å²) in [4.78, 5) is 0. The van der Waals surface area contributed by atoms with E-state index in [1.807, 2.05) is 44.2 Å². The van der Waals surface area contributed by atoms with E-state index in [1.54, 1.807) is 24.3 Å². The summed E-state index contributed by atoms with van der Waals surface area (Å²) in [5.74, 6) is 0.524. The molecule has 27 heavy (non-hydrogen) atoms. The lowest BCUT2D eigenvalue weighted by Crippen LogP contribution is -2.06. The fourth-order valence-corrected chi connectivity index (χ4v) is 3.27. The van der Waals surface area contributed by atoms with E-state index < -0.39 is 0 Å². The number of phenolic OH excluding ortho intramolecular Hbond substituents is 2. The third kappa shape index (κ3) is 5.31. The van der Waals surface area contributed by atoms with Gasteiger partial charge in [-0.3, -0.25) is 0 Å². The van der Waals surface area contributed by atoms with Crippen molar-refractivity contribution >= 4 is 23.0 Å². The van der Waals surface area contributed by atoms with E-state index in [9.17, 15) is 10.2 Å². The number of halogens is 1. The molecule has 0 spiro atoms. The first-order valence-corrected chi connectivity index (χ1v) is 9.13. The summed E-state index contributed by atoms with van der Waals surface area (Å²) in [5, 5.41) is 26.9. The highest BCUT2D eigenvalue weighted by molar-refractivity contribution is 6.31. The number of anilines is 2. The van der Waals surface area contributed by atoms with Gasteiger partial charge in [0.05, 0.1) is 11.4 Å². The molecule has 0 radical (unpaired) electrons. The lowest BCUT2D eigenvalue weighted by Gasteiger charge is -2.15. The lowest BCUT2D eigenvalue weighted by molar-refractivity contribution is 0.473. The Bertz CT molecular complexity index is 917. The highest BCUT2D eigenvalue weighted by Crippen LogP contribution is 2.28. The zero-order chi connectivity index (χ0) is 19.4. The highest BCUT2D eigenvalue weighted by Gasteiger charge is 2.06. The number of hydrogen-bond donors (Lipinski definition) is 4. The maximum Gasteiger partial charge on any atom is 0.116 e. The maximum atomic E-state index is 9.76. The molecule has 0 aliphatic heterocycles. The summed E-state index contributed by atoms with van der Waals surface area (Å²) in [6.45, 7) is 5.05. The summed E-state index contributed by atoms with van der Waals surface area (Å²) in [6, 6.07) is 16.6. The van der Waals surface area contributed by atoms with Crippen LogP contribution in [0.15, 0.2) is 54.6 Å². The monoisotopic (exact) mass is 382 g/mol. The van der Waals surface area contributed by atoms with E-state index in [1.165, 1.54) is 0 Å². The minimum atomic E-state index is 0.260. The summed E-state index contributed by atoms with van der Waals surface area (Å²) in [6.07, 6.45) is 0. The van der Waals surface area contributed by atoms with Crippen LogP contribution in [0.25, 0.3) is 0 Å². The molecule has 3 aromatic carbocycles. The first-order valence-electron chi connectivity index (χ1n) is 8.75. The van der Waals surface area contributed by atoms with Crippen LogP contribution in [0.1, 0.15) is 22.3 Å². The van der Waals surface area contributed by atoms with Crippen LogP contribution in [0, 0.1) is 13.8 Å². The predicted octanol–water partition coefficient (Wildman–Crippen LogP) is 5.59. The minimum absolute atomic E-state index is 0.260. The lowest BCUT2D eigenvalue weighted by atomic mass is 10.1. The van der Waals surface area contributed by atoms with Crippen LogP contribution in [-0.4, -0.2) is 10.2 Å². The summed E-state index contributed by atoms with van der Waals surface area (Å²) in [5.41, 5.74) is 5.80. The summed E-state index contributed by atoms with van der Waals surface area (Å²) < 4.78 is 0. The van der Waals surface area contributed by atoms with Crippen LogP contribution in [0.2, 0.25) is 5.02 Å². The maximum absolute atomic E-state index is 9.76. The van der Waals surface area contributed by atoms with E-state index in [-0.39, 0.29) is 11.5 Å². The Kier molecular flexibility index (Phi) is 5.77. The van der Waals surface area contributed by atoms with E-state index in [0.717, 1.165) is 33.6 Å². The van der Waals surface area contributed by atoms with Gasteiger partial charge < -0.3 is 20.8 Å². The molecule has 0 saturated heterocycles. The second kappa shape index (κ2) is 8.23. The van der Waals surface area contributed by atoms with Crippen molar-refractivity contribution in [3.05, 3.63) is 81.9 Å². The fourth-order valence-electron chi connectivity index (χ4n) is 3.10. The molecule has 0 aliphatic rings. The molecule has 3 rings (SSSR count). The third-order valence-electron chi connectivity index (χ3n) is 4.19. The molecule has 0 saturated carbocycles. The van der Waals surface area contributed by atoms with Gasteiger partial charge in [-0.15, -0.1) is 0 Å². The smallest absolute Gasteiger partial charge is 0.116 e. The topological polar surface area (TPSA) is 64.5 Å². The van der Waals surface area contributed by atoms with Crippen molar-refractivity contribution in [2.45, 2.75) is 26.9 Å². The molecular weight excluding hydrogens is 360 g/mol. The molecule has 4 N–H and O–H groups in total. The standard InChI is InChI=1S/C22H23ClN2O2/c1-14-5-16(9-19(26)7-14)12-24-21-4-3-18(23)11-22(21)25-13-17-6-15(2)8-20(27)10-17/h3-11,24-27H,12-13H2,1-2H3. The quantitative estimate of drug-likeness (QED) is 0.448. The number of aryl methyl sites for hydroxylation is 2. The molecule has 0 unspecified atom stereocenters. The van der Waals surface area contributed by atoms with Gasteiger partial charge in [-0.25, -0.2) is 0 Å². The van der Waals surface area contributed by atoms with Gasteiger partial charge in [-0.2, -0.15) is 0 Å². The van der Waals surface area contributed by atoms with Crippen LogP contribution in [0.5, 0.6) is 11.5 Å². The SMILES string of the molecule is Cc1cc(O)cc(CNc2ccc(Cl)cc2NCc2cc(C)cc(O)c2)c1. The van der Waals surface area contributed by atoms with Crippen molar-refractivity contribution in [2.75, 3.05) is 10.6 Å². The minimum Gasteiger partial charge on any atom is -0.508 e. The van der Waals surface area contributed by atoms with Gasteiger partial charge in [0.2, 0.25) is 0 Å². The van der Waals surface area contributed by atoms with Crippen molar-refractivity contribution in [1.29, 1.82) is 0 Å². The number of aromatic hydroxyl groups is 2. The van der Waals surface area contributed by atoms with Crippen LogP contribution in [-0.2, 0) is 13.1 Å². The van der Waals surface area contributed by atoms with Crippen molar-refractivity contribution in [1.82, 2.24) is 0 Å². The van der Waals surface area contributed by atoms with Crippen LogP contribution >= 0.6 is 11.6 Å². The molecule has 0 aliphatic carbocycles. The normalized spacial score (nSPS) is 10.6. The zero-order valence-corrected chi connectivity index (χ0v) is 16.1. The first kappa shape index (κ1) is 18.9. The molecule has 0 atom stereocenters. The average molecular weight is 383 g/mol. The molecule has 140 valence electrons. The van der Waals surface area contributed by atoms with Crippen LogP contribution in [0.4, 0.5) is 11.4 Å². The van der Waals surface area contributed by atoms with Gasteiger partial charge in [0.25, 0.3) is 0 Å². The van der Waals surface area contributed by atoms with E-state index in [2.05, 4.69) is 10.6 Å². The van der Waals surface area contributed by atoms with Gasteiger partial charge >= 0.3 is 0 Å². The Morgan fingerprint density at radius 2 is 1.22 bits per heavy atom. The van der Waals surface area contributed by atoms with Crippen molar-refractivity contribution in [3.63, 3.8) is 0 Å². The van der Waals surface area contributed by atoms with Gasteiger partial charge in [-0.1, -0.05) is 23.7 Å². The van der Waals surface area contributed by atoms with Crippen LogP contribution < -0.4 is 10.6 Å². The Morgan fingerprint density at radius 3 is 1.74 bits per heavy atom. The summed E-state index contributed by atoms with van der Waals surface area (Å²) in [7, 11) is 0. The van der Waals surface area contributed by atoms with E-state index in [0.29, 0.717) is 18.1 Å². The molecule has 0 bridgehead atoms. The Labute approximate surface area is 164 Å². The number of rotatable bonds is 6. The van der Waals surface area contributed by atoms with Gasteiger partial charge in [0, 0.05) is 18.1 Å². The van der Waals surface area contributed by atoms with Crippen molar-refractivity contribution in [2.24, 2.45) is 0 Å². The summed E-state index contributed by atoms with van der Waals surface area (Å²) >= 11 is 6.17. The number of phenols is 2. The van der Waals surface area contributed by atoms with Gasteiger partial charge in [0.1, 0.15) is 11.5 Å². The van der Waals surface area contributed by atoms with Crippen molar-refractivity contribution < 1.29 is 10.2 Å². The number of nitrogens with one attached hydrogen (secondary N) is 2. The second-order valence-electron chi connectivity index (χ2n) is 6.75. The number of benzene rings is 3. The van der Waals surface area contributed by atoms with Gasteiger partial charge in [-0.05, 0) is 78.6 Å². The first-order chi connectivity index (χ1) is 12.9. The molecule has 0 heterocycles. The Hall–Kier alpha value is -2.85. The average Bonchev–Trinajstić information content (AvgIpc) is 2.57. The molecular formula is C22H23ClN2O2. The molecule has 4 nitrogen and oxygen atoms in total. The number of hydrogen-bond acceptors (Lipinski definition) is 4. The molecule has 0 fully saturated rings. The van der Waals surface area contributed by atoms with Crippen molar-refractivity contribution in [3.8, 4) is 11.5 Å². The fraction of sp³-hybridized carbons (Fsp3) is 0.182. The highest BCUT2D eigenvalue weighted by atomic mass is 35.5. The molecule has 5 heteroatoms. The van der Waals surface area contributed by atoms with E-state index >= 15 is 0 Å². The Balaban J connectivity index is 1.74. The van der Waals surface area contributed by atoms with Gasteiger partial charge in [0.15, 0.2) is 0 Å². The second-order valence-corrected chi connectivity index (χ2v) is 7.19. The van der Waals surface area contributed by atoms with E-state index in [4.69, 9.17) is 11.6 Å². The molecule has 0 aromatic heterocycles. The molecule has 3 aromatic rings. The third-order valence-corrected chi connectivity index (χ3v) is 4.43. The largest absolute Gasteiger partial charge is 0.508 e. The zero-order valence-electron chi connectivity index (χ0n) is 15.4. The molecule has 0 amide bonds. The predicted molar refractivity (Wildman–Crippen MR) is 112 cm³/mol. The van der Waals surface area contributed by atoms with Crippen LogP contribution in [0.3, 0.4) is 0 Å².